The number of hydrogen-bond donors (Lipinski definition) is 1. The van der Waals surface area contributed by atoms with Crippen LogP contribution in [0.25, 0.3) is 0 Å². The summed E-state index contributed by atoms with van der Waals surface area (Å²) in [6.45, 7) is 2.24. The van der Waals surface area contributed by atoms with Gasteiger partial charge in [-0.15, -0.1) is 0 Å². The van der Waals surface area contributed by atoms with Crippen LogP contribution in [-0.2, 0) is 4.74 Å². The number of methoxy groups -OCH3 is 1. The highest BCUT2D eigenvalue weighted by Gasteiger charge is 2.32. The molecule has 0 radical (unpaired) electrons. The predicted octanol–water partition coefficient (Wildman–Crippen LogP) is 1.02. The van der Waals surface area contributed by atoms with Crippen molar-refractivity contribution in [2.24, 2.45) is 11.8 Å². The molecule has 0 aromatic carbocycles. The molecule has 2 heteroatoms. The van der Waals surface area contributed by atoms with E-state index in [4.69, 9.17) is 4.74 Å². The minimum Gasteiger partial charge on any atom is -0.380 e. The number of hydrogen-bond acceptors (Lipinski definition) is 2. The molecule has 64 valence electrons. The highest BCUT2D eigenvalue weighted by atomic mass is 16.5. The van der Waals surface area contributed by atoms with E-state index in [2.05, 4.69) is 5.32 Å². The Morgan fingerprint density at radius 2 is 2.18 bits per heavy atom. The Hall–Kier alpha value is -0.0800. The van der Waals surface area contributed by atoms with Gasteiger partial charge in [0.05, 0.1) is 6.10 Å². The van der Waals surface area contributed by atoms with Crippen molar-refractivity contribution in [2.45, 2.75) is 25.4 Å². The number of nitrogens with one attached hydrogen (secondary N) is 1. The largest absolute Gasteiger partial charge is 0.380 e. The molecule has 1 N–H and O–H groups in total. The third kappa shape index (κ3) is 1.74. The van der Waals surface area contributed by atoms with Crippen LogP contribution in [0.15, 0.2) is 0 Å². The van der Waals surface area contributed by atoms with Gasteiger partial charge in [0.25, 0.3) is 0 Å². The summed E-state index contributed by atoms with van der Waals surface area (Å²) in [7, 11) is 1.83. The molecule has 1 aliphatic carbocycles. The van der Waals surface area contributed by atoms with Crippen molar-refractivity contribution < 1.29 is 4.74 Å². The van der Waals surface area contributed by atoms with Crippen molar-refractivity contribution in [3.63, 3.8) is 0 Å². The van der Waals surface area contributed by atoms with Gasteiger partial charge in [0.1, 0.15) is 0 Å². The normalized spacial score (nSPS) is 37.9. The van der Waals surface area contributed by atoms with Gasteiger partial charge in [0.2, 0.25) is 0 Å². The van der Waals surface area contributed by atoms with Gasteiger partial charge in [-0.2, -0.15) is 0 Å². The zero-order valence-electron chi connectivity index (χ0n) is 7.18. The third-order valence-electron chi connectivity index (χ3n) is 2.91. The van der Waals surface area contributed by atoms with Gasteiger partial charge in [-0.3, -0.25) is 0 Å². The molecule has 0 aromatic heterocycles. The average molecular weight is 155 g/mol. The van der Waals surface area contributed by atoms with Gasteiger partial charge in [-0.05, 0) is 18.3 Å². The molecule has 2 rings (SSSR count). The summed E-state index contributed by atoms with van der Waals surface area (Å²) in [6.07, 6.45) is 4.82. The summed E-state index contributed by atoms with van der Waals surface area (Å²) in [5, 5.41) is 3.38. The van der Waals surface area contributed by atoms with Crippen LogP contribution in [0.3, 0.4) is 0 Å². The monoisotopic (exact) mass is 155 g/mol. The third-order valence-corrected chi connectivity index (χ3v) is 2.91. The van der Waals surface area contributed by atoms with E-state index in [0.29, 0.717) is 6.10 Å². The van der Waals surface area contributed by atoms with E-state index < -0.39 is 0 Å². The van der Waals surface area contributed by atoms with Crippen LogP contribution in [0, 0.1) is 11.8 Å². The van der Waals surface area contributed by atoms with Crippen molar-refractivity contribution in [1.82, 2.24) is 5.32 Å². The molecule has 11 heavy (non-hydrogen) atoms. The SMILES string of the molecule is COC1CNCC1CC1CC1. The summed E-state index contributed by atoms with van der Waals surface area (Å²) in [4.78, 5) is 0. The van der Waals surface area contributed by atoms with Gasteiger partial charge in [0.15, 0.2) is 0 Å². The molecular weight excluding hydrogens is 138 g/mol. The zero-order chi connectivity index (χ0) is 7.68. The zero-order valence-corrected chi connectivity index (χ0v) is 7.18. The fourth-order valence-corrected chi connectivity index (χ4v) is 2.00. The second-order valence-corrected chi connectivity index (χ2v) is 3.87. The first-order chi connectivity index (χ1) is 5.40. The summed E-state index contributed by atoms with van der Waals surface area (Å²) in [5.74, 6) is 1.84. The first-order valence-electron chi connectivity index (χ1n) is 4.63. The van der Waals surface area contributed by atoms with Crippen LogP contribution in [0.5, 0.6) is 0 Å². The number of rotatable bonds is 3. The Bertz CT molecular complexity index is 134. The average Bonchev–Trinajstić information content (AvgIpc) is 2.68. The molecule has 2 aliphatic rings. The Morgan fingerprint density at radius 3 is 2.82 bits per heavy atom. The van der Waals surface area contributed by atoms with Gasteiger partial charge >= 0.3 is 0 Å². The van der Waals surface area contributed by atoms with E-state index in [1.807, 2.05) is 7.11 Å². The second kappa shape index (κ2) is 3.11. The van der Waals surface area contributed by atoms with Crippen LogP contribution in [-0.4, -0.2) is 26.3 Å². The van der Waals surface area contributed by atoms with Crippen molar-refractivity contribution >= 4 is 0 Å². The Balaban J connectivity index is 1.79. The molecular formula is C9H17NO. The quantitative estimate of drug-likeness (QED) is 0.657. The summed E-state index contributed by atoms with van der Waals surface area (Å²) < 4.78 is 5.39. The van der Waals surface area contributed by atoms with Gasteiger partial charge < -0.3 is 10.1 Å². The maximum Gasteiger partial charge on any atom is 0.0735 e. The van der Waals surface area contributed by atoms with Gasteiger partial charge in [-0.25, -0.2) is 0 Å². The van der Waals surface area contributed by atoms with E-state index >= 15 is 0 Å². The lowest BCUT2D eigenvalue weighted by Gasteiger charge is -2.15. The highest BCUT2D eigenvalue weighted by molar-refractivity contribution is 4.86. The van der Waals surface area contributed by atoms with E-state index in [-0.39, 0.29) is 0 Å². The van der Waals surface area contributed by atoms with Crippen molar-refractivity contribution in [2.75, 3.05) is 20.2 Å². The molecule has 0 bridgehead atoms. The predicted molar refractivity (Wildman–Crippen MR) is 44.5 cm³/mol. The van der Waals surface area contributed by atoms with Gasteiger partial charge in [0, 0.05) is 20.2 Å². The molecule has 2 nitrogen and oxygen atoms in total. The van der Waals surface area contributed by atoms with Crippen LogP contribution < -0.4 is 5.32 Å². The molecule has 1 aliphatic heterocycles. The number of ether oxygens (including phenoxy) is 1. The molecule has 0 spiro atoms. The van der Waals surface area contributed by atoms with Crippen LogP contribution >= 0.6 is 0 Å². The molecule has 1 saturated heterocycles. The summed E-state index contributed by atoms with van der Waals surface area (Å²) in [5.41, 5.74) is 0. The lowest BCUT2D eigenvalue weighted by Crippen LogP contribution is -2.21. The van der Waals surface area contributed by atoms with Crippen molar-refractivity contribution in [3.05, 3.63) is 0 Å². The Labute approximate surface area is 68.3 Å². The molecule has 1 saturated carbocycles. The minimum absolute atomic E-state index is 0.496. The lowest BCUT2D eigenvalue weighted by atomic mass is 9.99. The topological polar surface area (TPSA) is 21.3 Å². The first-order valence-corrected chi connectivity index (χ1v) is 4.63. The summed E-state index contributed by atoms with van der Waals surface area (Å²) in [6, 6.07) is 0. The van der Waals surface area contributed by atoms with Crippen molar-refractivity contribution in [1.29, 1.82) is 0 Å². The molecule has 0 amide bonds. The lowest BCUT2D eigenvalue weighted by molar-refractivity contribution is 0.0781. The molecule has 0 aromatic rings. The summed E-state index contributed by atoms with van der Waals surface area (Å²) >= 11 is 0. The second-order valence-electron chi connectivity index (χ2n) is 3.87. The van der Waals surface area contributed by atoms with Crippen LogP contribution in [0.1, 0.15) is 19.3 Å². The van der Waals surface area contributed by atoms with E-state index in [1.54, 1.807) is 0 Å². The Kier molecular flexibility index (Phi) is 2.14. The van der Waals surface area contributed by atoms with Crippen LogP contribution in [0.2, 0.25) is 0 Å². The maximum absolute atomic E-state index is 5.39. The van der Waals surface area contributed by atoms with Crippen molar-refractivity contribution in [3.8, 4) is 0 Å². The molecule has 2 fully saturated rings. The maximum atomic E-state index is 5.39. The fraction of sp³-hybridized carbons (Fsp3) is 1.00. The molecule has 1 heterocycles. The molecule has 2 atom stereocenters. The fourth-order valence-electron chi connectivity index (χ4n) is 2.00. The first kappa shape index (κ1) is 7.56. The smallest absolute Gasteiger partial charge is 0.0735 e. The van der Waals surface area contributed by atoms with E-state index in [9.17, 15) is 0 Å². The standard InChI is InChI=1S/C9H17NO/c1-11-9-6-10-5-8(9)4-7-2-3-7/h7-10H,2-6H2,1H3. The van der Waals surface area contributed by atoms with Crippen LogP contribution in [0.4, 0.5) is 0 Å². The van der Waals surface area contributed by atoms with E-state index in [1.165, 1.54) is 25.8 Å². The van der Waals surface area contributed by atoms with E-state index in [0.717, 1.165) is 18.4 Å². The Morgan fingerprint density at radius 1 is 1.36 bits per heavy atom. The molecule has 2 unspecified atom stereocenters. The highest BCUT2D eigenvalue weighted by Crippen LogP contribution is 2.37. The van der Waals surface area contributed by atoms with Gasteiger partial charge in [-0.1, -0.05) is 12.8 Å². The minimum atomic E-state index is 0.496.